The third-order valence-corrected chi connectivity index (χ3v) is 4.31. The van der Waals surface area contributed by atoms with Crippen LogP contribution in [0.15, 0.2) is 72.3 Å². The highest BCUT2D eigenvalue weighted by Crippen LogP contribution is 2.24. The summed E-state index contributed by atoms with van der Waals surface area (Å²) in [7, 11) is 0. The highest BCUT2D eigenvalue weighted by molar-refractivity contribution is 6.31. The van der Waals surface area contributed by atoms with Crippen LogP contribution in [-0.4, -0.2) is 23.8 Å². The molecule has 0 bridgehead atoms. The summed E-state index contributed by atoms with van der Waals surface area (Å²) < 4.78 is 5.41. The van der Waals surface area contributed by atoms with Gasteiger partial charge in [-0.25, -0.2) is 9.59 Å². The number of rotatable bonds is 3. The second kappa shape index (κ2) is 7.40. The predicted octanol–water partition coefficient (Wildman–Crippen LogP) is 2.81. The Bertz CT molecular complexity index is 1180. The molecule has 1 saturated heterocycles. The monoisotopic (exact) mass is 386 g/mol. The lowest BCUT2D eigenvalue weighted by Crippen LogP contribution is -2.51. The van der Waals surface area contributed by atoms with E-state index in [1.807, 2.05) is 16.7 Å². The van der Waals surface area contributed by atoms with Crippen LogP contribution in [0.3, 0.4) is 0 Å². The fourth-order valence-electron chi connectivity index (χ4n) is 2.91. The average Bonchev–Trinajstić information content (AvgIpc) is 2.71. The molecule has 2 N–H and O–H groups in total. The smallest absolute Gasteiger partial charge is 0.343 e. The summed E-state index contributed by atoms with van der Waals surface area (Å²) >= 11 is 0. The van der Waals surface area contributed by atoms with Gasteiger partial charge in [0.1, 0.15) is 11.3 Å². The molecule has 142 valence electrons. The Kier molecular flexibility index (Phi) is 4.62. The van der Waals surface area contributed by atoms with E-state index in [-0.39, 0.29) is 5.57 Å². The van der Waals surface area contributed by atoms with Gasteiger partial charge in [0.25, 0.3) is 11.8 Å². The van der Waals surface area contributed by atoms with Crippen LogP contribution in [0.5, 0.6) is 5.75 Å². The fraction of sp³-hybridized carbons (Fsp3) is 0. The first kappa shape index (κ1) is 18.1. The lowest BCUT2D eigenvalue weighted by Gasteiger charge is -2.14. The third-order valence-electron chi connectivity index (χ3n) is 4.31. The van der Waals surface area contributed by atoms with Crippen molar-refractivity contribution < 1.29 is 23.9 Å². The number of benzene rings is 3. The molecule has 4 rings (SSSR count). The Morgan fingerprint density at radius 2 is 1.45 bits per heavy atom. The molecular weight excluding hydrogens is 372 g/mol. The molecule has 0 spiro atoms. The summed E-state index contributed by atoms with van der Waals surface area (Å²) in [5.74, 6) is -1.54. The van der Waals surface area contributed by atoms with Crippen LogP contribution in [0, 0.1) is 0 Å². The minimum atomic E-state index is -0.840. The van der Waals surface area contributed by atoms with E-state index >= 15 is 0 Å². The summed E-state index contributed by atoms with van der Waals surface area (Å²) in [4.78, 5) is 47.0. The molecule has 1 heterocycles. The van der Waals surface area contributed by atoms with E-state index in [9.17, 15) is 19.2 Å². The van der Waals surface area contributed by atoms with Crippen LogP contribution in [0.4, 0.5) is 4.79 Å². The van der Waals surface area contributed by atoms with Gasteiger partial charge in [0.05, 0.1) is 5.56 Å². The number of urea groups is 1. The number of nitrogens with one attached hydrogen (secondary N) is 2. The Hall–Kier alpha value is -4.26. The minimum Gasteiger partial charge on any atom is -0.423 e. The van der Waals surface area contributed by atoms with Crippen LogP contribution >= 0.6 is 0 Å². The van der Waals surface area contributed by atoms with Gasteiger partial charge in [-0.05, 0) is 52.7 Å². The summed E-state index contributed by atoms with van der Waals surface area (Å²) in [6.07, 6.45) is 1.40. The van der Waals surface area contributed by atoms with Crippen LogP contribution in [0.2, 0.25) is 0 Å². The molecule has 7 nitrogen and oxygen atoms in total. The zero-order valence-electron chi connectivity index (χ0n) is 15.0. The second-order valence-electron chi connectivity index (χ2n) is 6.32. The Labute approximate surface area is 165 Å². The zero-order chi connectivity index (χ0) is 20.4. The van der Waals surface area contributed by atoms with Gasteiger partial charge < -0.3 is 4.74 Å². The number of imide groups is 2. The zero-order valence-corrected chi connectivity index (χ0v) is 15.0. The van der Waals surface area contributed by atoms with Crippen molar-refractivity contribution in [1.82, 2.24) is 10.6 Å². The summed E-state index contributed by atoms with van der Waals surface area (Å²) in [5.41, 5.74) is 0.913. The van der Waals surface area contributed by atoms with Crippen molar-refractivity contribution in [3.8, 4) is 5.75 Å². The lowest BCUT2D eigenvalue weighted by atomic mass is 10.0. The summed E-state index contributed by atoms with van der Waals surface area (Å²) in [6, 6.07) is 18.3. The van der Waals surface area contributed by atoms with Crippen LogP contribution < -0.4 is 15.4 Å². The van der Waals surface area contributed by atoms with Crippen molar-refractivity contribution >= 4 is 40.7 Å². The van der Waals surface area contributed by atoms with E-state index in [2.05, 4.69) is 0 Å². The largest absolute Gasteiger partial charge is 0.423 e. The molecule has 1 aliphatic rings. The molecule has 3 aromatic carbocycles. The molecule has 0 unspecified atom stereocenters. The number of amides is 4. The number of carbonyl (C=O) groups is 4. The second-order valence-corrected chi connectivity index (χ2v) is 6.32. The van der Waals surface area contributed by atoms with Gasteiger partial charge in [0, 0.05) is 0 Å². The number of hydrogen-bond acceptors (Lipinski definition) is 5. The molecule has 0 saturated carbocycles. The lowest BCUT2D eigenvalue weighted by molar-refractivity contribution is -0.123. The van der Waals surface area contributed by atoms with E-state index in [4.69, 9.17) is 4.74 Å². The maximum atomic E-state index is 12.2. The highest BCUT2D eigenvalue weighted by Gasteiger charge is 2.27. The molecule has 0 aromatic heterocycles. The quantitative estimate of drug-likeness (QED) is 0.312. The van der Waals surface area contributed by atoms with Crippen LogP contribution in [0.1, 0.15) is 15.9 Å². The molecule has 3 aromatic rings. The maximum absolute atomic E-state index is 12.2. The van der Waals surface area contributed by atoms with E-state index in [0.29, 0.717) is 16.9 Å². The highest BCUT2D eigenvalue weighted by atomic mass is 16.5. The van der Waals surface area contributed by atoms with E-state index in [1.165, 1.54) is 6.08 Å². The van der Waals surface area contributed by atoms with Gasteiger partial charge in [-0.3, -0.25) is 20.2 Å². The molecular formula is C22H14N2O5. The van der Waals surface area contributed by atoms with Gasteiger partial charge in [-0.2, -0.15) is 0 Å². The van der Waals surface area contributed by atoms with E-state index < -0.39 is 23.8 Å². The first-order chi connectivity index (χ1) is 14.0. The maximum Gasteiger partial charge on any atom is 0.343 e. The van der Waals surface area contributed by atoms with Gasteiger partial charge >= 0.3 is 12.0 Å². The van der Waals surface area contributed by atoms with Crippen molar-refractivity contribution in [1.29, 1.82) is 0 Å². The van der Waals surface area contributed by atoms with Crippen molar-refractivity contribution in [2.45, 2.75) is 0 Å². The van der Waals surface area contributed by atoms with E-state index in [1.54, 1.807) is 60.7 Å². The van der Waals surface area contributed by atoms with E-state index in [0.717, 1.165) is 10.8 Å². The van der Waals surface area contributed by atoms with Crippen molar-refractivity contribution in [2.24, 2.45) is 0 Å². The van der Waals surface area contributed by atoms with Gasteiger partial charge in [0.2, 0.25) is 0 Å². The van der Waals surface area contributed by atoms with Crippen LogP contribution in [-0.2, 0) is 9.59 Å². The first-order valence-electron chi connectivity index (χ1n) is 8.69. The number of hydrogen-bond donors (Lipinski definition) is 2. The Balaban J connectivity index is 1.58. The molecule has 1 fully saturated rings. The topological polar surface area (TPSA) is 102 Å². The summed E-state index contributed by atoms with van der Waals surface area (Å²) in [6.45, 7) is 0. The van der Waals surface area contributed by atoms with Crippen molar-refractivity contribution in [3.63, 3.8) is 0 Å². The molecule has 1 aliphatic heterocycles. The van der Waals surface area contributed by atoms with Gasteiger partial charge in [-0.15, -0.1) is 0 Å². The number of barbiturate groups is 1. The number of esters is 1. The molecule has 0 radical (unpaired) electrons. The molecule has 7 heteroatoms. The van der Waals surface area contributed by atoms with Gasteiger partial charge in [0.15, 0.2) is 0 Å². The van der Waals surface area contributed by atoms with Gasteiger partial charge in [-0.1, -0.05) is 36.4 Å². The number of carbonyl (C=O) groups excluding carboxylic acids is 4. The fourth-order valence-corrected chi connectivity index (χ4v) is 2.91. The predicted molar refractivity (Wildman–Crippen MR) is 105 cm³/mol. The Morgan fingerprint density at radius 3 is 2.17 bits per heavy atom. The third kappa shape index (κ3) is 3.89. The van der Waals surface area contributed by atoms with Crippen molar-refractivity contribution in [3.05, 3.63) is 83.4 Å². The number of ether oxygens (including phenoxy) is 1. The van der Waals surface area contributed by atoms with Crippen molar-refractivity contribution in [2.75, 3.05) is 0 Å². The molecule has 4 amide bonds. The SMILES string of the molecule is O=C1NC(=O)C(=Cc2ccc3cc(OC(=O)c4ccccc4)ccc3c2)C(=O)N1. The standard InChI is InChI=1S/C22H14N2O5/c25-19-18(20(26)24-22(28)23-19)11-13-6-7-16-12-17(9-8-15(16)10-13)29-21(27)14-4-2-1-3-5-14/h1-12H,(H2,23,24,25,26,28). The number of fused-ring (bicyclic) bond motifs is 1. The van der Waals surface area contributed by atoms with Crippen LogP contribution in [0.25, 0.3) is 16.8 Å². The first-order valence-corrected chi connectivity index (χ1v) is 8.69. The molecule has 0 aliphatic carbocycles. The Morgan fingerprint density at radius 1 is 0.793 bits per heavy atom. The molecule has 29 heavy (non-hydrogen) atoms. The average molecular weight is 386 g/mol. The minimum absolute atomic E-state index is 0.155. The molecule has 0 atom stereocenters. The summed E-state index contributed by atoms with van der Waals surface area (Å²) in [5, 5.41) is 5.70. The normalized spacial score (nSPS) is 13.7.